The average Bonchev–Trinajstić information content (AvgIpc) is 2.82. The van der Waals surface area contributed by atoms with Gasteiger partial charge >= 0.3 is 0 Å². The summed E-state index contributed by atoms with van der Waals surface area (Å²) in [7, 11) is 0. The van der Waals surface area contributed by atoms with E-state index in [-0.39, 0.29) is 11.9 Å². The van der Waals surface area contributed by atoms with Crippen LogP contribution in [0.1, 0.15) is 28.5 Å². The zero-order valence-electron chi connectivity index (χ0n) is 9.82. The molecule has 1 aromatic carbocycles. The lowest BCUT2D eigenvalue weighted by Crippen LogP contribution is -2.11. The molecule has 17 heavy (non-hydrogen) atoms. The summed E-state index contributed by atoms with van der Waals surface area (Å²) in [6, 6.07) is 9.30. The summed E-state index contributed by atoms with van der Waals surface area (Å²) in [6.45, 7) is 1.76. The van der Waals surface area contributed by atoms with Crippen LogP contribution in [0.15, 0.2) is 35.7 Å². The van der Waals surface area contributed by atoms with Crippen LogP contribution < -0.4 is 5.73 Å². The van der Waals surface area contributed by atoms with Gasteiger partial charge in [-0.15, -0.1) is 11.3 Å². The van der Waals surface area contributed by atoms with Gasteiger partial charge in [0.15, 0.2) is 0 Å². The van der Waals surface area contributed by atoms with Gasteiger partial charge in [-0.05, 0) is 48.4 Å². The molecule has 1 unspecified atom stereocenters. The standard InChI is InChI=1S/C14H16FNS/c1-10-4-5-11(9-13(10)15)14(16)7-6-12-3-2-8-17-12/h2-5,8-9,14H,6-7,16H2,1H3. The van der Waals surface area contributed by atoms with E-state index < -0.39 is 0 Å². The smallest absolute Gasteiger partial charge is 0.126 e. The van der Waals surface area contributed by atoms with Gasteiger partial charge in [-0.2, -0.15) is 0 Å². The quantitative estimate of drug-likeness (QED) is 0.875. The van der Waals surface area contributed by atoms with Crippen molar-refractivity contribution in [3.8, 4) is 0 Å². The van der Waals surface area contributed by atoms with Gasteiger partial charge in [-0.25, -0.2) is 4.39 Å². The third-order valence-corrected chi connectivity index (χ3v) is 3.84. The predicted octanol–water partition coefficient (Wildman–Crippen LogP) is 3.83. The third kappa shape index (κ3) is 3.14. The Labute approximate surface area is 105 Å². The van der Waals surface area contributed by atoms with Crippen LogP contribution in [-0.4, -0.2) is 0 Å². The second-order valence-electron chi connectivity index (χ2n) is 4.23. The van der Waals surface area contributed by atoms with Gasteiger partial charge in [0, 0.05) is 10.9 Å². The number of hydrogen-bond donors (Lipinski definition) is 1. The molecule has 0 amide bonds. The fraction of sp³-hybridized carbons (Fsp3) is 0.286. The molecule has 1 aromatic heterocycles. The van der Waals surface area contributed by atoms with Crippen molar-refractivity contribution in [3.63, 3.8) is 0 Å². The first kappa shape index (κ1) is 12.3. The van der Waals surface area contributed by atoms with E-state index in [2.05, 4.69) is 11.4 Å². The fourth-order valence-electron chi connectivity index (χ4n) is 1.76. The summed E-state index contributed by atoms with van der Waals surface area (Å²) in [5.41, 5.74) is 7.61. The topological polar surface area (TPSA) is 26.0 Å². The highest BCUT2D eigenvalue weighted by atomic mass is 32.1. The Morgan fingerprint density at radius 2 is 2.18 bits per heavy atom. The number of rotatable bonds is 4. The Kier molecular flexibility index (Phi) is 3.92. The van der Waals surface area contributed by atoms with Gasteiger partial charge < -0.3 is 5.73 Å². The van der Waals surface area contributed by atoms with E-state index in [1.807, 2.05) is 12.1 Å². The zero-order valence-corrected chi connectivity index (χ0v) is 10.6. The molecule has 2 aromatic rings. The van der Waals surface area contributed by atoms with Crippen LogP contribution in [0.2, 0.25) is 0 Å². The number of benzene rings is 1. The van der Waals surface area contributed by atoms with Gasteiger partial charge in [-0.1, -0.05) is 18.2 Å². The van der Waals surface area contributed by atoms with Gasteiger partial charge in [-0.3, -0.25) is 0 Å². The van der Waals surface area contributed by atoms with Crippen LogP contribution in [0.3, 0.4) is 0 Å². The van der Waals surface area contributed by atoms with Crippen molar-refractivity contribution in [2.75, 3.05) is 0 Å². The van der Waals surface area contributed by atoms with Crippen molar-refractivity contribution >= 4 is 11.3 Å². The molecule has 0 saturated carbocycles. The molecule has 0 bridgehead atoms. The van der Waals surface area contributed by atoms with Crippen molar-refractivity contribution < 1.29 is 4.39 Å². The van der Waals surface area contributed by atoms with E-state index in [0.717, 1.165) is 18.4 Å². The second kappa shape index (κ2) is 5.43. The predicted molar refractivity (Wildman–Crippen MR) is 70.7 cm³/mol. The van der Waals surface area contributed by atoms with Crippen LogP contribution in [0.5, 0.6) is 0 Å². The van der Waals surface area contributed by atoms with E-state index in [1.165, 1.54) is 4.88 Å². The van der Waals surface area contributed by atoms with E-state index in [4.69, 9.17) is 5.73 Å². The van der Waals surface area contributed by atoms with Gasteiger partial charge in [0.25, 0.3) is 0 Å². The largest absolute Gasteiger partial charge is 0.324 e. The van der Waals surface area contributed by atoms with E-state index >= 15 is 0 Å². The molecular weight excluding hydrogens is 233 g/mol. The Morgan fingerprint density at radius 3 is 2.82 bits per heavy atom. The average molecular weight is 249 g/mol. The monoisotopic (exact) mass is 249 g/mol. The second-order valence-corrected chi connectivity index (χ2v) is 5.27. The molecule has 90 valence electrons. The third-order valence-electron chi connectivity index (χ3n) is 2.91. The SMILES string of the molecule is Cc1ccc(C(N)CCc2cccs2)cc1F. The maximum Gasteiger partial charge on any atom is 0.126 e. The number of thiophene rings is 1. The lowest BCUT2D eigenvalue weighted by molar-refractivity contribution is 0.603. The molecule has 2 N–H and O–H groups in total. The fourth-order valence-corrected chi connectivity index (χ4v) is 2.48. The number of hydrogen-bond acceptors (Lipinski definition) is 2. The summed E-state index contributed by atoms with van der Waals surface area (Å²) >= 11 is 1.74. The maximum absolute atomic E-state index is 13.4. The first-order valence-electron chi connectivity index (χ1n) is 5.71. The first-order valence-corrected chi connectivity index (χ1v) is 6.59. The van der Waals surface area contributed by atoms with Gasteiger partial charge in [0.2, 0.25) is 0 Å². The summed E-state index contributed by atoms with van der Waals surface area (Å²) in [4.78, 5) is 1.33. The van der Waals surface area contributed by atoms with Crippen molar-refractivity contribution in [3.05, 3.63) is 57.5 Å². The van der Waals surface area contributed by atoms with Gasteiger partial charge in [0.05, 0.1) is 0 Å². The van der Waals surface area contributed by atoms with Crippen LogP contribution in [0.4, 0.5) is 4.39 Å². The summed E-state index contributed by atoms with van der Waals surface area (Å²) in [6.07, 6.45) is 1.80. The molecule has 0 spiro atoms. The highest BCUT2D eigenvalue weighted by Gasteiger charge is 2.08. The Hall–Kier alpha value is -1.19. The lowest BCUT2D eigenvalue weighted by Gasteiger charge is -2.12. The Bertz CT molecular complexity index is 479. The van der Waals surface area contributed by atoms with Crippen molar-refractivity contribution in [2.45, 2.75) is 25.8 Å². The van der Waals surface area contributed by atoms with Crippen molar-refractivity contribution in [1.82, 2.24) is 0 Å². The molecule has 0 radical (unpaired) electrons. The van der Waals surface area contributed by atoms with Crippen LogP contribution in [0, 0.1) is 12.7 Å². The minimum absolute atomic E-state index is 0.0906. The van der Waals surface area contributed by atoms with Gasteiger partial charge in [0.1, 0.15) is 5.82 Å². The first-order chi connectivity index (χ1) is 8.16. The minimum Gasteiger partial charge on any atom is -0.324 e. The molecule has 0 fully saturated rings. The normalized spacial score (nSPS) is 12.6. The van der Waals surface area contributed by atoms with Crippen LogP contribution in [-0.2, 0) is 6.42 Å². The Morgan fingerprint density at radius 1 is 1.35 bits per heavy atom. The van der Waals surface area contributed by atoms with Crippen molar-refractivity contribution in [2.24, 2.45) is 5.73 Å². The molecule has 1 atom stereocenters. The summed E-state index contributed by atoms with van der Waals surface area (Å²) in [5, 5.41) is 2.06. The molecule has 0 aliphatic rings. The molecule has 1 nitrogen and oxygen atoms in total. The number of halogens is 1. The number of nitrogens with two attached hydrogens (primary N) is 1. The molecule has 0 aliphatic carbocycles. The summed E-state index contributed by atoms with van der Waals surface area (Å²) in [5.74, 6) is -0.172. The van der Waals surface area contributed by atoms with Crippen molar-refractivity contribution in [1.29, 1.82) is 0 Å². The minimum atomic E-state index is -0.172. The molecule has 3 heteroatoms. The molecule has 2 rings (SSSR count). The Balaban J connectivity index is 1.99. The molecule has 0 saturated heterocycles. The summed E-state index contributed by atoms with van der Waals surface area (Å²) < 4.78 is 13.4. The van der Waals surface area contributed by atoms with Crippen LogP contribution >= 0.6 is 11.3 Å². The van der Waals surface area contributed by atoms with E-state index in [9.17, 15) is 4.39 Å². The number of aryl methyl sites for hydroxylation is 2. The molecule has 0 aliphatic heterocycles. The zero-order chi connectivity index (χ0) is 12.3. The maximum atomic E-state index is 13.4. The van der Waals surface area contributed by atoms with E-state index in [1.54, 1.807) is 30.4 Å². The van der Waals surface area contributed by atoms with E-state index in [0.29, 0.717) is 5.56 Å². The molecular formula is C14H16FNS. The van der Waals surface area contributed by atoms with Crippen LogP contribution in [0.25, 0.3) is 0 Å². The lowest BCUT2D eigenvalue weighted by atomic mass is 10.0. The molecule has 1 heterocycles. The highest BCUT2D eigenvalue weighted by Crippen LogP contribution is 2.20. The highest BCUT2D eigenvalue weighted by molar-refractivity contribution is 7.09.